The van der Waals surface area contributed by atoms with Gasteiger partial charge in [-0.3, -0.25) is 13.9 Å². The molecule has 0 aliphatic heterocycles. The highest BCUT2D eigenvalue weighted by Gasteiger charge is 2.17. The number of fused-ring (bicyclic) bond motifs is 1. The van der Waals surface area contributed by atoms with E-state index in [9.17, 15) is 4.79 Å². The van der Waals surface area contributed by atoms with Crippen LogP contribution >= 0.6 is 23.1 Å². The second kappa shape index (κ2) is 8.53. The Morgan fingerprint density at radius 3 is 2.48 bits per heavy atom. The van der Waals surface area contributed by atoms with Crippen molar-refractivity contribution in [1.82, 2.24) is 19.3 Å². The van der Waals surface area contributed by atoms with E-state index in [1.54, 1.807) is 16.3 Å². The molecule has 0 atom stereocenters. The summed E-state index contributed by atoms with van der Waals surface area (Å²) in [6.07, 6.45) is 0. The summed E-state index contributed by atoms with van der Waals surface area (Å²) in [5, 5.41) is 9.80. The molecule has 0 radical (unpaired) electrons. The van der Waals surface area contributed by atoms with Crippen LogP contribution in [0.1, 0.15) is 17.0 Å². The van der Waals surface area contributed by atoms with E-state index >= 15 is 0 Å². The Labute approximate surface area is 188 Å². The van der Waals surface area contributed by atoms with Gasteiger partial charge in [-0.05, 0) is 42.3 Å². The molecule has 5 nitrogen and oxygen atoms in total. The van der Waals surface area contributed by atoms with Gasteiger partial charge in [-0.15, -0.1) is 10.2 Å². The minimum Gasteiger partial charge on any atom is -0.291 e. The van der Waals surface area contributed by atoms with Gasteiger partial charge in [-0.1, -0.05) is 77.7 Å². The van der Waals surface area contributed by atoms with Crippen molar-refractivity contribution in [3.63, 3.8) is 0 Å². The number of hydrogen-bond donors (Lipinski definition) is 0. The Bertz CT molecular complexity index is 1400. The third-order valence-electron chi connectivity index (χ3n) is 5.21. The third kappa shape index (κ3) is 3.94. The van der Waals surface area contributed by atoms with E-state index in [4.69, 9.17) is 0 Å². The van der Waals surface area contributed by atoms with Gasteiger partial charge in [0.15, 0.2) is 11.0 Å². The molecule has 0 unspecified atom stereocenters. The number of thioether (sulfide) groups is 1. The molecule has 2 heterocycles. The zero-order valence-corrected chi connectivity index (χ0v) is 18.6. The van der Waals surface area contributed by atoms with Crippen molar-refractivity contribution in [3.05, 3.63) is 105 Å². The van der Waals surface area contributed by atoms with E-state index < -0.39 is 0 Å². The van der Waals surface area contributed by atoms with Crippen LogP contribution in [0.15, 0.2) is 88.8 Å². The summed E-state index contributed by atoms with van der Waals surface area (Å²) in [5.74, 6) is 1.54. The first kappa shape index (κ1) is 19.8. The topological polar surface area (TPSA) is 52.7 Å². The lowest BCUT2D eigenvalue weighted by molar-refractivity contribution is 0.726. The number of thiazole rings is 1. The molecule has 0 aliphatic rings. The van der Waals surface area contributed by atoms with Crippen LogP contribution in [-0.2, 0) is 12.3 Å². The summed E-state index contributed by atoms with van der Waals surface area (Å²) in [7, 11) is 0. The van der Waals surface area contributed by atoms with E-state index in [2.05, 4.69) is 46.0 Å². The average molecular weight is 445 g/mol. The summed E-state index contributed by atoms with van der Waals surface area (Å²) < 4.78 is 4.81. The summed E-state index contributed by atoms with van der Waals surface area (Å²) >= 11 is 2.92. The van der Waals surface area contributed by atoms with E-state index in [1.807, 2.05) is 54.6 Å². The summed E-state index contributed by atoms with van der Waals surface area (Å²) in [6, 6.07) is 26.3. The fraction of sp³-hybridized carbons (Fsp3) is 0.125. The van der Waals surface area contributed by atoms with E-state index in [-0.39, 0.29) is 4.87 Å². The van der Waals surface area contributed by atoms with Gasteiger partial charge in [0.2, 0.25) is 0 Å². The molecule has 154 valence electrons. The number of hydrogen-bond acceptors (Lipinski definition) is 5. The van der Waals surface area contributed by atoms with Crippen molar-refractivity contribution < 1.29 is 0 Å². The van der Waals surface area contributed by atoms with E-state index in [0.717, 1.165) is 32.6 Å². The van der Waals surface area contributed by atoms with Crippen LogP contribution in [0, 0.1) is 6.92 Å². The fourth-order valence-electron chi connectivity index (χ4n) is 3.55. The molecule has 0 saturated heterocycles. The standard InChI is InChI=1S/C24H20N4OS2/c1-17-9-5-6-10-18(17)16-30-23-26-25-22(28(23)19-11-3-2-4-12-19)15-27-20-13-7-8-14-21(20)31-24(27)29/h2-14H,15-16H2,1H3. The van der Waals surface area contributed by atoms with Crippen LogP contribution in [0.3, 0.4) is 0 Å². The maximum Gasteiger partial charge on any atom is 0.308 e. The zero-order chi connectivity index (χ0) is 21.2. The predicted molar refractivity (Wildman–Crippen MR) is 127 cm³/mol. The Balaban J connectivity index is 1.54. The van der Waals surface area contributed by atoms with Crippen LogP contribution in [0.2, 0.25) is 0 Å². The van der Waals surface area contributed by atoms with Crippen molar-refractivity contribution in [2.45, 2.75) is 24.4 Å². The highest BCUT2D eigenvalue weighted by Crippen LogP contribution is 2.27. The van der Waals surface area contributed by atoms with Crippen LogP contribution < -0.4 is 4.87 Å². The van der Waals surface area contributed by atoms with Crippen LogP contribution in [0.4, 0.5) is 0 Å². The molecule has 5 aromatic rings. The van der Waals surface area contributed by atoms with Crippen molar-refractivity contribution in [2.75, 3.05) is 0 Å². The third-order valence-corrected chi connectivity index (χ3v) is 7.14. The van der Waals surface area contributed by atoms with Gasteiger partial charge in [0.05, 0.1) is 16.8 Å². The molecule has 0 saturated carbocycles. The molecule has 0 spiro atoms. The van der Waals surface area contributed by atoms with E-state index in [0.29, 0.717) is 6.54 Å². The van der Waals surface area contributed by atoms with Crippen LogP contribution in [0.5, 0.6) is 0 Å². The molecular weight excluding hydrogens is 424 g/mol. The predicted octanol–water partition coefficient (Wildman–Crippen LogP) is 5.29. The lowest BCUT2D eigenvalue weighted by Crippen LogP contribution is -2.16. The molecule has 0 amide bonds. The first-order valence-electron chi connectivity index (χ1n) is 9.96. The number of benzene rings is 3. The minimum atomic E-state index is 0.0120. The van der Waals surface area contributed by atoms with Crippen molar-refractivity contribution in [1.29, 1.82) is 0 Å². The van der Waals surface area contributed by atoms with Gasteiger partial charge in [0.1, 0.15) is 0 Å². The number of nitrogens with zero attached hydrogens (tertiary/aromatic N) is 4. The Morgan fingerprint density at radius 2 is 1.65 bits per heavy atom. The summed E-state index contributed by atoms with van der Waals surface area (Å²) in [4.78, 5) is 12.7. The van der Waals surface area contributed by atoms with Crippen LogP contribution in [0.25, 0.3) is 15.9 Å². The highest BCUT2D eigenvalue weighted by atomic mass is 32.2. The fourth-order valence-corrected chi connectivity index (χ4v) is 5.49. The Kier molecular flexibility index (Phi) is 5.44. The smallest absolute Gasteiger partial charge is 0.291 e. The van der Waals surface area contributed by atoms with Gasteiger partial charge in [-0.25, -0.2) is 0 Å². The molecule has 3 aromatic carbocycles. The average Bonchev–Trinajstić information content (AvgIpc) is 3.34. The van der Waals surface area contributed by atoms with Gasteiger partial charge >= 0.3 is 4.87 Å². The van der Waals surface area contributed by atoms with Crippen molar-refractivity contribution in [2.24, 2.45) is 0 Å². The maximum absolute atomic E-state index is 12.7. The molecule has 2 aromatic heterocycles. The first-order valence-corrected chi connectivity index (χ1v) is 11.8. The Hall–Kier alpha value is -3.16. The molecule has 31 heavy (non-hydrogen) atoms. The summed E-state index contributed by atoms with van der Waals surface area (Å²) in [5.41, 5.74) is 4.45. The SMILES string of the molecule is Cc1ccccc1CSc1nnc(Cn2c(=O)sc3ccccc32)n1-c1ccccc1. The first-order chi connectivity index (χ1) is 15.2. The van der Waals surface area contributed by atoms with Crippen molar-refractivity contribution >= 4 is 33.3 Å². The highest BCUT2D eigenvalue weighted by molar-refractivity contribution is 7.98. The lowest BCUT2D eigenvalue weighted by Gasteiger charge is -2.11. The largest absolute Gasteiger partial charge is 0.308 e. The second-order valence-corrected chi connectivity index (χ2v) is 9.14. The number of rotatable bonds is 6. The zero-order valence-electron chi connectivity index (χ0n) is 16.9. The minimum absolute atomic E-state index is 0.0120. The van der Waals surface area contributed by atoms with Crippen LogP contribution in [-0.4, -0.2) is 19.3 Å². The summed E-state index contributed by atoms with van der Waals surface area (Å²) in [6.45, 7) is 2.49. The number of para-hydroxylation sites is 2. The second-order valence-electron chi connectivity index (χ2n) is 7.21. The molecular formula is C24H20N4OS2. The number of aryl methyl sites for hydroxylation is 1. The quantitative estimate of drug-likeness (QED) is 0.334. The maximum atomic E-state index is 12.7. The van der Waals surface area contributed by atoms with Gasteiger partial charge in [0.25, 0.3) is 0 Å². The van der Waals surface area contributed by atoms with E-state index in [1.165, 1.54) is 22.5 Å². The molecule has 0 fully saturated rings. The Morgan fingerprint density at radius 1 is 0.903 bits per heavy atom. The van der Waals surface area contributed by atoms with Crippen molar-refractivity contribution in [3.8, 4) is 5.69 Å². The number of aromatic nitrogens is 4. The monoisotopic (exact) mass is 444 g/mol. The molecule has 0 aliphatic carbocycles. The molecule has 0 N–H and O–H groups in total. The van der Waals surface area contributed by atoms with Gasteiger partial charge < -0.3 is 0 Å². The molecule has 5 rings (SSSR count). The van der Waals surface area contributed by atoms with Gasteiger partial charge in [-0.2, -0.15) is 0 Å². The van der Waals surface area contributed by atoms with Gasteiger partial charge in [0, 0.05) is 11.4 Å². The lowest BCUT2D eigenvalue weighted by atomic mass is 10.1. The molecule has 0 bridgehead atoms. The molecule has 7 heteroatoms. The normalized spacial score (nSPS) is 11.3.